The first-order valence-electron chi connectivity index (χ1n) is 16.9. The molecule has 7 rings (SSSR count). The van der Waals surface area contributed by atoms with Gasteiger partial charge in [-0.15, -0.1) is 0 Å². The number of aromatic nitrogens is 4. The van der Waals surface area contributed by atoms with Crippen molar-refractivity contribution in [3.05, 3.63) is 54.0 Å². The summed E-state index contributed by atoms with van der Waals surface area (Å²) >= 11 is 0. The van der Waals surface area contributed by atoms with E-state index in [1.807, 2.05) is 47.6 Å². The van der Waals surface area contributed by atoms with Gasteiger partial charge < -0.3 is 33.4 Å². The largest absolute Gasteiger partial charge is 0.495 e. The Balaban J connectivity index is 1.31. The molecular formula is C36H44N6O5Si. The van der Waals surface area contributed by atoms with Crippen LogP contribution in [0.3, 0.4) is 0 Å². The number of nitrogens with one attached hydrogen (secondary N) is 1. The molecule has 2 fully saturated rings. The van der Waals surface area contributed by atoms with Crippen molar-refractivity contribution in [2.24, 2.45) is 0 Å². The van der Waals surface area contributed by atoms with Crippen molar-refractivity contribution in [3.63, 3.8) is 0 Å². The van der Waals surface area contributed by atoms with E-state index >= 15 is 0 Å². The average molecular weight is 669 g/mol. The Morgan fingerprint density at radius 3 is 2.60 bits per heavy atom. The third-order valence-electron chi connectivity index (χ3n) is 9.11. The van der Waals surface area contributed by atoms with Crippen LogP contribution >= 0.6 is 0 Å². The van der Waals surface area contributed by atoms with Crippen LogP contribution < -0.4 is 14.8 Å². The van der Waals surface area contributed by atoms with Crippen molar-refractivity contribution >= 4 is 47.7 Å². The lowest BCUT2D eigenvalue weighted by molar-refractivity contribution is 0.0875. The lowest BCUT2D eigenvalue weighted by Gasteiger charge is -2.17. The molecule has 1 N–H and O–H groups in total. The number of carbonyl (C=O) groups is 1. The van der Waals surface area contributed by atoms with Gasteiger partial charge in [-0.25, -0.2) is 4.98 Å². The van der Waals surface area contributed by atoms with E-state index in [0.29, 0.717) is 53.7 Å². The van der Waals surface area contributed by atoms with E-state index in [4.69, 9.17) is 28.6 Å². The highest BCUT2D eigenvalue weighted by atomic mass is 28.3. The second-order valence-electron chi connectivity index (χ2n) is 14.2. The molecule has 1 saturated carbocycles. The standard InChI is InChI=1S/C36H44N6O5Si/c1-22-19-42(22)35(43)25-12-14-28(30(18-25)44-3)38-36-39-33-32(34(40-36)47-26-9-7-8-10-26)27(20-41(33)21-45-15-16-48(4,5)6)24-11-13-29-31(17-24)46-23(2)37-29/h11-14,17-18,20,22,26H,7-10,15-16,19,21H2,1-6H3,(H,38,39,40). The number of benzene rings is 2. The minimum atomic E-state index is -1.27. The summed E-state index contributed by atoms with van der Waals surface area (Å²) in [6.45, 7) is 12.7. The minimum Gasteiger partial charge on any atom is -0.495 e. The molecule has 0 bridgehead atoms. The van der Waals surface area contributed by atoms with Crippen LogP contribution in [-0.4, -0.2) is 70.8 Å². The molecule has 1 saturated heterocycles. The first kappa shape index (κ1) is 32.1. The van der Waals surface area contributed by atoms with E-state index < -0.39 is 8.07 Å². The van der Waals surface area contributed by atoms with Crippen LogP contribution in [0.4, 0.5) is 11.6 Å². The molecule has 2 aliphatic rings. The van der Waals surface area contributed by atoms with Crippen LogP contribution in [0.5, 0.6) is 11.6 Å². The minimum absolute atomic E-state index is 0.00423. The second-order valence-corrected chi connectivity index (χ2v) is 19.8. The van der Waals surface area contributed by atoms with E-state index in [1.165, 1.54) is 0 Å². The van der Waals surface area contributed by atoms with E-state index in [1.54, 1.807) is 19.2 Å². The van der Waals surface area contributed by atoms with Gasteiger partial charge in [-0.05, 0) is 74.5 Å². The Bertz CT molecular complexity index is 1980. The summed E-state index contributed by atoms with van der Waals surface area (Å²) in [5.74, 6) is 2.02. The fraction of sp³-hybridized carbons (Fsp3) is 0.444. The molecule has 11 nitrogen and oxygen atoms in total. The summed E-state index contributed by atoms with van der Waals surface area (Å²) in [5.41, 5.74) is 5.33. The highest BCUT2D eigenvalue weighted by Crippen LogP contribution is 2.40. The maximum atomic E-state index is 12.9. The van der Waals surface area contributed by atoms with Crippen LogP contribution in [0.25, 0.3) is 33.3 Å². The van der Waals surface area contributed by atoms with E-state index in [2.05, 4.69) is 36.1 Å². The molecule has 2 aromatic carbocycles. The number of amides is 1. The summed E-state index contributed by atoms with van der Waals surface area (Å²) < 4.78 is 26.6. The Labute approximate surface area is 281 Å². The first-order chi connectivity index (χ1) is 23.1. The van der Waals surface area contributed by atoms with Crippen molar-refractivity contribution in [2.45, 2.75) is 84.1 Å². The highest BCUT2D eigenvalue weighted by Gasteiger charge is 2.35. The molecule has 1 atom stereocenters. The summed E-state index contributed by atoms with van der Waals surface area (Å²) in [4.78, 5) is 29.2. The van der Waals surface area contributed by atoms with E-state index in [9.17, 15) is 4.79 Å². The van der Waals surface area contributed by atoms with E-state index in [-0.39, 0.29) is 18.1 Å². The van der Waals surface area contributed by atoms with Crippen molar-refractivity contribution in [2.75, 3.05) is 25.6 Å². The molecule has 12 heteroatoms. The van der Waals surface area contributed by atoms with Crippen molar-refractivity contribution in [1.82, 2.24) is 24.4 Å². The SMILES string of the molecule is COc1cc(C(=O)N2CC2C)ccc1Nc1nc(OC2CCCC2)c2c(-c3ccc4nc(C)oc4c3)cn(COCC[Si](C)(C)C)c2n1. The van der Waals surface area contributed by atoms with Gasteiger partial charge in [0.05, 0.1) is 18.2 Å². The number of anilines is 2. The molecule has 1 unspecified atom stereocenters. The molecule has 1 aliphatic carbocycles. The number of ether oxygens (including phenoxy) is 3. The average Bonchev–Trinajstić information content (AvgIpc) is 3.38. The Kier molecular flexibility index (Phi) is 8.63. The highest BCUT2D eigenvalue weighted by molar-refractivity contribution is 6.76. The van der Waals surface area contributed by atoms with Gasteiger partial charge in [0, 0.05) is 51.5 Å². The quantitative estimate of drug-likeness (QED) is 0.0808. The normalized spacial score (nSPS) is 16.6. The fourth-order valence-corrected chi connectivity index (χ4v) is 7.02. The van der Waals surface area contributed by atoms with E-state index in [0.717, 1.165) is 65.9 Å². The molecule has 0 spiro atoms. The number of fused-ring (bicyclic) bond motifs is 2. The Morgan fingerprint density at radius 1 is 1.08 bits per heavy atom. The summed E-state index contributed by atoms with van der Waals surface area (Å²) in [7, 11) is 0.321. The molecular weight excluding hydrogens is 625 g/mol. The first-order valence-corrected chi connectivity index (χ1v) is 20.6. The molecule has 48 heavy (non-hydrogen) atoms. The molecule has 1 amide bonds. The van der Waals surface area contributed by atoms with Gasteiger partial charge in [0.25, 0.3) is 5.91 Å². The summed E-state index contributed by atoms with van der Waals surface area (Å²) in [5, 5.41) is 4.18. The number of methoxy groups -OCH3 is 1. The maximum Gasteiger partial charge on any atom is 0.254 e. The van der Waals surface area contributed by atoms with Gasteiger partial charge in [-0.2, -0.15) is 9.97 Å². The fourth-order valence-electron chi connectivity index (χ4n) is 6.26. The monoisotopic (exact) mass is 668 g/mol. The summed E-state index contributed by atoms with van der Waals surface area (Å²) in [6.07, 6.45) is 6.35. The topological polar surface area (TPSA) is 117 Å². The predicted molar refractivity (Wildman–Crippen MR) is 189 cm³/mol. The number of oxazole rings is 1. The zero-order chi connectivity index (χ0) is 33.6. The number of nitrogens with zero attached hydrogens (tertiary/aromatic N) is 5. The molecule has 252 valence electrons. The predicted octanol–water partition coefficient (Wildman–Crippen LogP) is 7.78. The number of aryl methyl sites for hydroxylation is 1. The number of hydrogen-bond acceptors (Lipinski definition) is 9. The third-order valence-corrected chi connectivity index (χ3v) is 10.8. The smallest absolute Gasteiger partial charge is 0.254 e. The van der Waals surface area contributed by atoms with Crippen LogP contribution in [0.1, 0.15) is 48.9 Å². The molecule has 1 aliphatic heterocycles. The van der Waals surface area contributed by atoms with Crippen LogP contribution in [0.2, 0.25) is 25.7 Å². The van der Waals surface area contributed by atoms with Crippen molar-refractivity contribution in [1.29, 1.82) is 0 Å². The third kappa shape index (κ3) is 6.77. The van der Waals surface area contributed by atoms with Gasteiger partial charge in [0.15, 0.2) is 17.1 Å². The van der Waals surface area contributed by atoms with Gasteiger partial charge in [-0.3, -0.25) is 4.79 Å². The lowest BCUT2D eigenvalue weighted by atomic mass is 10.1. The zero-order valence-electron chi connectivity index (χ0n) is 28.6. The zero-order valence-corrected chi connectivity index (χ0v) is 29.6. The van der Waals surface area contributed by atoms with Crippen molar-refractivity contribution < 1.29 is 23.4 Å². The van der Waals surface area contributed by atoms with Crippen LogP contribution in [0.15, 0.2) is 47.0 Å². The molecule has 5 aromatic rings. The summed E-state index contributed by atoms with van der Waals surface area (Å²) in [6, 6.07) is 12.8. The Morgan fingerprint density at radius 2 is 1.88 bits per heavy atom. The van der Waals surface area contributed by atoms with Crippen LogP contribution in [0, 0.1) is 6.92 Å². The van der Waals surface area contributed by atoms with Gasteiger partial charge in [0.1, 0.15) is 24.1 Å². The Hall–Kier alpha value is -4.42. The second kappa shape index (κ2) is 12.9. The number of rotatable bonds is 12. The van der Waals surface area contributed by atoms with Gasteiger partial charge in [0.2, 0.25) is 11.8 Å². The lowest BCUT2D eigenvalue weighted by Crippen LogP contribution is -2.22. The number of hydrogen-bond donors (Lipinski definition) is 1. The molecule has 4 heterocycles. The maximum absolute atomic E-state index is 12.9. The molecule has 3 aromatic heterocycles. The number of carbonyl (C=O) groups excluding carboxylic acids is 1. The van der Waals surface area contributed by atoms with Crippen molar-refractivity contribution in [3.8, 4) is 22.8 Å². The van der Waals surface area contributed by atoms with Crippen LogP contribution in [-0.2, 0) is 11.5 Å². The van der Waals surface area contributed by atoms with Gasteiger partial charge >= 0.3 is 0 Å². The molecule has 0 radical (unpaired) electrons. The van der Waals surface area contributed by atoms with Gasteiger partial charge in [-0.1, -0.05) is 25.7 Å².